The van der Waals surface area contributed by atoms with Crippen LogP contribution in [0.1, 0.15) is 16.7 Å². The van der Waals surface area contributed by atoms with E-state index in [4.69, 9.17) is 4.74 Å². The Morgan fingerprint density at radius 2 is 1.79 bits per heavy atom. The second kappa shape index (κ2) is 8.73. The van der Waals surface area contributed by atoms with Crippen LogP contribution in [0.25, 0.3) is 0 Å². The third-order valence-electron chi connectivity index (χ3n) is 4.96. The summed E-state index contributed by atoms with van der Waals surface area (Å²) < 4.78 is 7.24. The zero-order chi connectivity index (χ0) is 20.1. The van der Waals surface area contributed by atoms with Gasteiger partial charge in [-0.1, -0.05) is 12.1 Å². The maximum absolute atomic E-state index is 9.57. The van der Waals surface area contributed by atoms with E-state index >= 15 is 0 Å². The molecule has 8 nitrogen and oxygen atoms in total. The normalized spacial score (nSPS) is 14.4. The van der Waals surface area contributed by atoms with Crippen molar-refractivity contribution in [2.45, 2.75) is 13.1 Å². The second-order valence-corrected chi connectivity index (χ2v) is 6.91. The van der Waals surface area contributed by atoms with Crippen LogP contribution in [0.3, 0.4) is 0 Å². The smallest absolute Gasteiger partial charge is 0.139 e. The Bertz CT molecular complexity index is 975. The molecule has 0 unspecified atom stereocenters. The first-order valence-electron chi connectivity index (χ1n) is 9.46. The number of aromatic hydroxyl groups is 1. The van der Waals surface area contributed by atoms with Gasteiger partial charge in [-0.2, -0.15) is 5.26 Å². The standard InChI is InChI=1S/C21H22N6O2/c22-12-18-3-4-20(11-19(18)14-25-7-9-29-10-8-25)27(26-15-23-24-16-26)13-17-1-5-21(28)6-2-17/h1-6,11,15-16,28H,7-10,13-14H2. The SMILES string of the molecule is N#Cc1ccc(N(Cc2ccc(O)cc2)n2cnnc2)cc1CN1CCOCC1. The number of morpholine rings is 1. The Morgan fingerprint density at radius 3 is 2.48 bits per heavy atom. The van der Waals surface area contributed by atoms with E-state index in [1.54, 1.807) is 24.8 Å². The van der Waals surface area contributed by atoms with Crippen LogP contribution in [0.5, 0.6) is 5.75 Å². The average molecular weight is 390 g/mol. The van der Waals surface area contributed by atoms with Gasteiger partial charge in [0.2, 0.25) is 0 Å². The number of benzene rings is 2. The minimum Gasteiger partial charge on any atom is -0.508 e. The zero-order valence-electron chi connectivity index (χ0n) is 16.0. The fraction of sp³-hybridized carbons (Fsp3) is 0.286. The third-order valence-corrected chi connectivity index (χ3v) is 4.96. The molecule has 2 aromatic carbocycles. The highest BCUT2D eigenvalue weighted by Crippen LogP contribution is 2.24. The van der Waals surface area contributed by atoms with Gasteiger partial charge in [0.15, 0.2) is 0 Å². The Kier molecular flexibility index (Phi) is 5.70. The molecule has 8 heteroatoms. The van der Waals surface area contributed by atoms with Crippen molar-refractivity contribution in [1.29, 1.82) is 5.26 Å². The molecule has 29 heavy (non-hydrogen) atoms. The van der Waals surface area contributed by atoms with Gasteiger partial charge in [0.05, 0.1) is 37.1 Å². The van der Waals surface area contributed by atoms with E-state index in [0.29, 0.717) is 18.7 Å². The van der Waals surface area contributed by atoms with Crippen LogP contribution < -0.4 is 5.01 Å². The molecule has 0 atom stereocenters. The Hall–Kier alpha value is -3.41. The van der Waals surface area contributed by atoms with Crippen LogP contribution in [0, 0.1) is 11.3 Å². The molecule has 1 aliphatic rings. The summed E-state index contributed by atoms with van der Waals surface area (Å²) in [6, 6.07) is 15.2. The number of phenols is 1. The highest BCUT2D eigenvalue weighted by atomic mass is 16.5. The summed E-state index contributed by atoms with van der Waals surface area (Å²) in [6.07, 6.45) is 3.28. The van der Waals surface area contributed by atoms with Crippen molar-refractivity contribution in [2.24, 2.45) is 0 Å². The molecule has 2 heterocycles. The lowest BCUT2D eigenvalue weighted by Gasteiger charge is -2.29. The molecule has 1 aromatic heterocycles. The topological polar surface area (TPSA) is 90.4 Å². The number of nitrogens with zero attached hydrogens (tertiary/aromatic N) is 6. The average Bonchev–Trinajstić information content (AvgIpc) is 3.29. The fourth-order valence-corrected chi connectivity index (χ4v) is 3.38. The molecule has 1 aliphatic heterocycles. The number of hydrogen-bond donors (Lipinski definition) is 1. The molecular weight excluding hydrogens is 368 g/mol. The van der Waals surface area contributed by atoms with E-state index in [-0.39, 0.29) is 5.75 Å². The number of rotatable bonds is 6. The molecule has 4 rings (SSSR count). The number of phenolic OH excluding ortho intramolecular Hbond substituents is 1. The molecule has 148 valence electrons. The number of hydrogen-bond acceptors (Lipinski definition) is 7. The van der Waals surface area contributed by atoms with E-state index in [0.717, 1.165) is 43.1 Å². The van der Waals surface area contributed by atoms with Crippen molar-refractivity contribution >= 4 is 5.69 Å². The van der Waals surface area contributed by atoms with Crippen LogP contribution in [-0.4, -0.2) is 51.2 Å². The molecule has 3 aromatic rings. The molecule has 0 bridgehead atoms. The van der Waals surface area contributed by atoms with Crippen molar-refractivity contribution in [3.63, 3.8) is 0 Å². The van der Waals surface area contributed by atoms with Gasteiger partial charge in [0.1, 0.15) is 18.4 Å². The fourth-order valence-electron chi connectivity index (χ4n) is 3.38. The van der Waals surface area contributed by atoms with E-state index < -0.39 is 0 Å². The molecule has 1 N–H and O–H groups in total. The molecule has 1 saturated heterocycles. The van der Waals surface area contributed by atoms with Gasteiger partial charge in [-0.25, -0.2) is 4.68 Å². The second-order valence-electron chi connectivity index (χ2n) is 6.91. The van der Waals surface area contributed by atoms with Crippen molar-refractivity contribution in [3.8, 4) is 11.8 Å². The Morgan fingerprint density at radius 1 is 1.07 bits per heavy atom. The van der Waals surface area contributed by atoms with Gasteiger partial charge in [-0.15, -0.1) is 10.2 Å². The van der Waals surface area contributed by atoms with Crippen molar-refractivity contribution in [1.82, 2.24) is 19.8 Å². The first-order valence-corrected chi connectivity index (χ1v) is 9.46. The maximum atomic E-state index is 9.57. The monoisotopic (exact) mass is 390 g/mol. The van der Waals surface area contributed by atoms with E-state index in [1.165, 1.54) is 0 Å². The van der Waals surface area contributed by atoms with Gasteiger partial charge in [-0.3, -0.25) is 9.91 Å². The Labute approximate surface area is 169 Å². The van der Waals surface area contributed by atoms with Crippen LogP contribution in [0.4, 0.5) is 5.69 Å². The molecular formula is C21H22N6O2. The molecule has 1 fully saturated rings. The predicted molar refractivity (Wildman–Crippen MR) is 107 cm³/mol. The summed E-state index contributed by atoms with van der Waals surface area (Å²) in [6.45, 7) is 4.41. The van der Waals surface area contributed by atoms with Crippen LogP contribution in [0.15, 0.2) is 55.1 Å². The lowest BCUT2D eigenvalue weighted by Crippen LogP contribution is -2.36. The van der Waals surface area contributed by atoms with Crippen molar-refractivity contribution < 1.29 is 9.84 Å². The van der Waals surface area contributed by atoms with E-state index in [9.17, 15) is 10.4 Å². The van der Waals surface area contributed by atoms with Gasteiger partial charge in [0.25, 0.3) is 0 Å². The summed E-state index contributed by atoms with van der Waals surface area (Å²) >= 11 is 0. The number of nitriles is 1. The summed E-state index contributed by atoms with van der Waals surface area (Å²) in [4.78, 5) is 2.30. The highest BCUT2D eigenvalue weighted by molar-refractivity contribution is 5.54. The van der Waals surface area contributed by atoms with Crippen LogP contribution >= 0.6 is 0 Å². The van der Waals surface area contributed by atoms with Gasteiger partial charge in [0, 0.05) is 19.6 Å². The zero-order valence-corrected chi connectivity index (χ0v) is 16.0. The molecule has 0 aliphatic carbocycles. The van der Waals surface area contributed by atoms with Crippen LogP contribution in [-0.2, 0) is 17.8 Å². The number of aromatic nitrogens is 3. The van der Waals surface area contributed by atoms with Gasteiger partial charge in [-0.05, 0) is 41.5 Å². The molecule has 0 amide bonds. The lowest BCUT2D eigenvalue weighted by molar-refractivity contribution is 0.0341. The largest absolute Gasteiger partial charge is 0.508 e. The maximum Gasteiger partial charge on any atom is 0.139 e. The molecule has 0 saturated carbocycles. The summed E-state index contributed by atoms with van der Waals surface area (Å²) in [5.41, 5.74) is 3.61. The predicted octanol–water partition coefficient (Wildman–Crippen LogP) is 2.16. The summed E-state index contributed by atoms with van der Waals surface area (Å²) in [7, 11) is 0. The summed E-state index contributed by atoms with van der Waals surface area (Å²) in [5.74, 6) is 0.232. The van der Waals surface area contributed by atoms with Crippen molar-refractivity contribution in [3.05, 3.63) is 71.8 Å². The van der Waals surface area contributed by atoms with Gasteiger partial charge < -0.3 is 9.84 Å². The first kappa shape index (κ1) is 18.9. The first-order chi connectivity index (χ1) is 14.2. The third kappa shape index (κ3) is 4.54. The molecule has 0 radical (unpaired) electrons. The Balaban J connectivity index is 1.65. The summed E-state index contributed by atoms with van der Waals surface area (Å²) in [5, 5.41) is 29.0. The van der Waals surface area contributed by atoms with E-state index in [2.05, 4.69) is 27.2 Å². The van der Waals surface area contributed by atoms with Crippen LogP contribution in [0.2, 0.25) is 0 Å². The quantitative estimate of drug-likeness (QED) is 0.690. The number of anilines is 1. The highest BCUT2D eigenvalue weighted by Gasteiger charge is 2.16. The minimum absolute atomic E-state index is 0.232. The lowest BCUT2D eigenvalue weighted by atomic mass is 10.1. The molecule has 0 spiro atoms. The van der Waals surface area contributed by atoms with E-state index in [1.807, 2.05) is 34.0 Å². The number of ether oxygens (including phenoxy) is 1. The minimum atomic E-state index is 0.232. The van der Waals surface area contributed by atoms with Gasteiger partial charge >= 0.3 is 0 Å². The van der Waals surface area contributed by atoms with Crippen molar-refractivity contribution in [2.75, 3.05) is 31.3 Å².